The monoisotopic (exact) mass is 173 g/mol. The van der Waals surface area contributed by atoms with Gasteiger partial charge >= 0.3 is 11.9 Å². The first-order chi connectivity index (χ1) is 5.61. The normalized spacial score (nSPS) is 9.67. The van der Waals surface area contributed by atoms with Crippen molar-refractivity contribution in [1.29, 1.82) is 0 Å². The van der Waals surface area contributed by atoms with E-state index in [2.05, 4.69) is 15.5 Å². The predicted molar refractivity (Wildman–Crippen MR) is 32.1 cm³/mol. The zero-order valence-corrected chi connectivity index (χ0v) is 5.62. The molecule has 1 rings (SSSR count). The minimum Gasteiger partial charge on any atom is -0.479 e. The first-order valence-corrected chi connectivity index (χ1v) is 2.73. The van der Waals surface area contributed by atoms with Crippen molar-refractivity contribution < 1.29 is 14.8 Å². The molecule has 0 bridgehead atoms. The predicted octanol–water partition coefficient (Wildman–Crippen LogP) is -1.33. The fraction of sp³-hybridized carbons (Fsp3) is 0.333. The van der Waals surface area contributed by atoms with Crippen LogP contribution in [0.25, 0.3) is 0 Å². The van der Waals surface area contributed by atoms with Gasteiger partial charge < -0.3 is 15.2 Å². The summed E-state index contributed by atoms with van der Waals surface area (Å²) in [6, 6.07) is 0. The maximum atomic E-state index is 10.1. The molecule has 0 aliphatic rings. The van der Waals surface area contributed by atoms with Gasteiger partial charge in [-0.05, 0) is 4.92 Å². The molecule has 1 aromatic rings. The molecule has 1 heterocycles. The highest BCUT2D eigenvalue weighted by molar-refractivity contribution is 5.66. The highest BCUT2D eigenvalue weighted by Crippen LogP contribution is 2.01. The standard InChI is InChI=1S/C3H3N5O4/c9-2(10)1-7-3(8(11)12)4-5-6-7/h1H2,(H,9,10). The number of tetrazole rings is 1. The number of carboxylic acids is 1. The molecule has 0 fully saturated rings. The van der Waals surface area contributed by atoms with Crippen LogP contribution in [0.2, 0.25) is 0 Å². The van der Waals surface area contributed by atoms with E-state index in [4.69, 9.17) is 5.11 Å². The average molecular weight is 173 g/mol. The lowest BCUT2D eigenvalue weighted by molar-refractivity contribution is -0.397. The number of aliphatic carboxylic acids is 1. The van der Waals surface area contributed by atoms with E-state index in [1.165, 1.54) is 0 Å². The number of carboxylic acid groups (broad SMARTS) is 1. The molecule has 12 heavy (non-hydrogen) atoms. The second-order valence-electron chi connectivity index (χ2n) is 1.79. The van der Waals surface area contributed by atoms with Gasteiger partial charge in [-0.1, -0.05) is 0 Å². The largest absolute Gasteiger partial charge is 0.480 e. The smallest absolute Gasteiger partial charge is 0.479 e. The molecule has 0 radical (unpaired) electrons. The summed E-state index contributed by atoms with van der Waals surface area (Å²) < 4.78 is 0.586. The quantitative estimate of drug-likeness (QED) is 0.443. The lowest BCUT2D eigenvalue weighted by atomic mass is 10.7. The zero-order valence-electron chi connectivity index (χ0n) is 5.62. The molecule has 0 unspecified atom stereocenters. The van der Waals surface area contributed by atoms with Crippen LogP contribution in [0.4, 0.5) is 5.95 Å². The van der Waals surface area contributed by atoms with Crippen LogP contribution in [0.5, 0.6) is 0 Å². The van der Waals surface area contributed by atoms with Crippen LogP contribution in [0.1, 0.15) is 0 Å². The fourth-order valence-electron chi connectivity index (χ4n) is 0.561. The van der Waals surface area contributed by atoms with Gasteiger partial charge in [0, 0.05) is 5.21 Å². The first kappa shape index (κ1) is 8.04. The third-order valence-electron chi connectivity index (χ3n) is 0.961. The molecule has 1 aromatic heterocycles. The molecule has 9 nitrogen and oxygen atoms in total. The lowest BCUT2D eigenvalue weighted by Gasteiger charge is -1.92. The SMILES string of the molecule is O=C(O)Cn1nnnc1[N+](=O)[O-]. The Morgan fingerprint density at radius 2 is 2.42 bits per heavy atom. The van der Waals surface area contributed by atoms with Crippen LogP contribution < -0.4 is 0 Å². The maximum absolute atomic E-state index is 10.1. The van der Waals surface area contributed by atoms with Gasteiger partial charge in [-0.3, -0.25) is 0 Å². The highest BCUT2D eigenvalue weighted by Gasteiger charge is 2.19. The van der Waals surface area contributed by atoms with Crippen molar-refractivity contribution in [3.05, 3.63) is 10.1 Å². The number of hydrogen-bond donors (Lipinski definition) is 1. The Labute approximate surface area is 64.8 Å². The Hall–Kier alpha value is -2.06. The molecule has 0 aromatic carbocycles. The van der Waals surface area contributed by atoms with E-state index in [-0.39, 0.29) is 0 Å². The van der Waals surface area contributed by atoms with E-state index in [1.54, 1.807) is 0 Å². The van der Waals surface area contributed by atoms with Crippen LogP contribution in [0.3, 0.4) is 0 Å². The second kappa shape index (κ2) is 2.90. The third-order valence-corrected chi connectivity index (χ3v) is 0.961. The molecule has 0 spiro atoms. The van der Waals surface area contributed by atoms with Crippen LogP contribution in [0, 0.1) is 10.1 Å². The summed E-state index contributed by atoms with van der Waals surface area (Å²) in [5.41, 5.74) is 0. The molecule has 0 saturated heterocycles. The molecular formula is C3H3N5O4. The van der Waals surface area contributed by atoms with Gasteiger partial charge in [-0.15, -0.1) is 4.68 Å². The summed E-state index contributed by atoms with van der Waals surface area (Å²) in [6.45, 7) is -0.622. The van der Waals surface area contributed by atoms with E-state index >= 15 is 0 Å². The van der Waals surface area contributed by atoms with Crippen LogP contribution >= 0.6 is 0 Å². The minimum atomic E-state index is -1.24. The maximum Gasteiger partial charge on any atom is 0.480 e. The number of nitro groups is 1. The first-order valence-electron chi connectivity index (χ1n) is 2.73. The third kappa shape index (κ3) is 1.51. The number of aromatic nitrogens is 4. The molecular weight excluding hydrogens is 170 g/mol. The van der Waals surface area contributed by atoms with Crippen LogP contribution in [-0.4, -0.2) is 36.2 Å². The minimum absolute atomic E-state index is 0.586. The summed E-state index contributed by atoms with van der Waals surface area (Å²) in [4.78, 5) is 19.4. The van der Waals surface area contributed by atoms with Gasteiger partial charge in [0.05, 0.1) is 10.3 Å². The summed E-state index contributed by atoms with van der Waals surface area (Å²) >= 11 is 0. The molecule has 0 saturated carbocycles. The summed E-state index contributed by atoms with van der Waals surface area (Å²) in [5, 5.41) is 27.4. The van der Waals surface area contributed by atoms with Crippen molar-refractivity contribution in [3.8, 4) is 0 Å². The average Bonchev–Trinajstić information content (AvgIpc) is 2.33. The molecule has 0 amide bonds. The van der Waals surface area contributed by atoms with E-state index < -0.39 is 23.4 Å². The number of carbonyl (C=O) groups is 1. The van der Waals surface area contributed by atoms with Gasteiger partial charge in [0.25, 0.3) is 0 Å². The number of hydrogen-bond acceptors (Lipinski definition) is 6. The second-order valence-corrected chi connectivity index (χ2v) is 1.79. The Morgan fingerprint density at radius 3 is 2.92 bits per heavy atom. The molecule has 0 aliphatic carbocycles. The van der Waals surface area contributed by atoms with Gasteiger partial charge in [0.15, 0.2) is 6.54 Å². The van der Waals surface area contributed by atoms with Gasteiger partial charge in [0.2, 0.25) is 0 Å². The molecule has 1 N–H and O–H groups in total. The summed E-state index contributed by atoms with van der Waals surface area (Å²) in [6.07, 6.45) is 0. The number of nitrogens with zero attached hydrogens (tertiary/aromatic N) is 5. The van der Waals surface area contributed by atoms with E-state index in [0.717, 1.165) is 0 Å². The van der Waals surface area contributed by atoms with Gasteiger partial charge in [-0.25, -0.2) is 4.79 Å². The fourth-order valence-corrected chi connectivity index (χ4v) is 0.561. The highest BCUT2D eigenvalue weighted by atomic mass is 16.6. The van der Waals surface area contributed by atoms with Gasteiger partial charge in [0.1, 0.15) is 0 Å². The van der Waals surface area contributed by atoms with Crippen molar-refractivity contribution in [2.45, 2.75) is 6.54 Å². The van der Waals surface area contributed by atoms with Crippen molar-refractivity contribution in [1.82, 2.24) is 20.2 Å². The zero-order chi connectivity index (χ0) is 9.14. The van der Waals surface area contributed by atoms with Crippen molar-refractivity contribution in [2.24, 2.45) is 0 Å². The Kier molecular flexibility index (Phi) is 1.94. The molecule has 0 aliphatic heterocycles. The van der Waals surface area contributed by atoms with Crippen LogP contribution in [-0.2, 0) is 11.3 Å². The van der Waals surface area contributed by atoms with Crippen molar-refractivity contribution in [2.75, 3.05) is 0 Å². The molecule has 9 heteroatoms. The van der Waals surface area contributed by atoms with Gasteiger partial charge in [-0.2, -0.15) is 0 Å². The van der Waals surface area contributed by atoms with E-state index in [1.807, 2.05) is 0 Å². The Bertz CT molecular complexity index is 318. The topological polar surface area (TPSA) is 124 Å². The summed E-state index contributed by atoms with van der Waals surface area (Å²) in [7, 11) is 0. The van der Waals surface area contributed by atoms with E-state index in [0.29, 0.717) is 4.68 Å². The lowest BCUT2D eigenvalue weighted by Crippen LogP contribution is -2.12. The van der Waals surface area contributed by atoms with Crippen LogP contribution in [0.15, 0.2) is 0 Å². The Morgan fingerprint density at radius 1 is 1.75 bits per heavy atom. The molecule has 0 atom stereocenters. The molecule has 64 valence electrons. The van der Waals surface area contributed by atoms with Crippen molar-refractivity contribution >= 4 is 11.9 Å². The van der Waals surface area contributed by atoms with E-state index in [9.17, 15) is 14.9 Å². The van der Waals surface area contributed by atoms with Crippen molar-refractivity contribution in [3.63, 3.8) is 0 Å². The number of rotatable bonds is 3. The Balaban J connectivity index is 2.91. The summed E-state index contributed by atoms with van der Waals surface area (Å²) in [5.74, 6) is -1.93.